The SMILES string of the molecule is CC1=C(C)[C@@H]2[P@@](c3ccccc3)[C@H]1[C@@H]1OC=C[C@]21P(c1ccccc1)c1ccccc1. The minimum Gasteiger partial charge on any atom is -0.496 e. The van der Waals surface area contributed by atoms with E-state index in [4.69, 9.17) is 4.74 Å². The van der Waals surface area contributed by atoms with Crippen LogP contribution in [0, 0.1) is 0 Å². The molecule has 31 heavy (non-hydrogen) atoms. The second-order valence-electron chi connectivity index (χ2n) is 8.71. The van der Waals surface area contributed by atoms with Crippen LogP contribution in [0.2, 0.25) is 0 Å². The number of benzene rings is 3. The summed E-state index contributed by atoms with van der Waals surface area (Å²) in [4.78, 5) is 0. The molecule has 1 saturated heterocycles. The third-order valence-corrected chi connectivity index (χ3v) is 14.1. The summed E-state index contributed by atoms with van der Waals surface area (Å²) < 4.78 is 6.53. The van der Waals surface area contributed by atoms with Gasteiger partial charge in [0.25, 0.3) is 0 Å². The van der Waals surface area contributed by atoms with Crippen LogP contribution < -0.4 is 15.9 Å². The summed E-state index contributed by atoms with van der Waals surface area (Å²) in [5, 5.41) is 4.42. The molecule has 0 amide bonds. The molecule has 0 radical (unpaired) electrons. The smallest absolute Gasteiger partial charge is 0.123 e. The average molecular weight is 440 g/mol. The highest BCUT2D eigenvalue weighted by atomic mass is 31.1. The molecular weight excluding hydrogens is 414 g/mol. The first kappa shape index (κ1) is 19.5. The maximum Gasteiger partial charge on any atom is 0.123 e. The number of ether oxygens (including phenoxy) is 1. The van der Waals surface area contributed by atoms with Crippen LogP contribution in [0.3, 0.4) is 0 Å². The average Bonchev–Trinajstić information content (AvgIpc) is 3.44. The lowest BCUT2D eigenvalue weighted by atomic mass is 9.83. The van der Waals surface area contributed by atoms with Gasteiger partial charge in [0.15, 0.2) is 0 Å². The fourth-order valence-electron chi connectivity index (χ4n) is 5.96. The molecule has 3 aliphatic heterocycles. The summed E-state index contributed by atoms with van der Waals surface area (Å²) in [5.74, 6) is 0. The predicted molar refractivity (Wildman–Crippen MR) is 135 cm³/mol. The fourth-order valence-corrected chi connectivity index (χ4v) is 14.0. The van der Waals surface area contributed by atoms with E-state index in [0.29, 0.717) is 11.3 Å². The van der Waals surface area contributed by atoms with Gasteiger partial charge in [-0.15, -0.1) is 0 Å². The monoisotopic (exact) mass is 440 g/mol. The van der Waals surface area contributed by atoms with Gasteiger partial charge in [-0.05, 0) is 43.8 Å². The topological polar surface area (TPSA) is 9.23 Å². The lowest BCUT2D eigenvalue weighted by Gasteiger charge is -2.44. The molecule has 0 aromatic heterocycles. The molecule has 3 heterocycles. The van der Waals surface area contributed by atoms with Gasteiger partial charge < -0.3 is 4.74 Å². The zero-order chi connectivity index (χ0) is 21.0. The highest BCUT2D eigenvalue weighted by molar-refractivity contribution is 7.77. The van der Waals surface area contributed by atoms with Crippen molar-refractivity contribution < 1.29 is 4.74 Å². The van der Waals surface area contributed by atoms with Crippen LogP contribution in [0.5, 0.6) is 0 Å². The molecule has 0 aliphatic carbocycles. The van der Waals surface area contributed by atoms with E-state index in [0.717, 1.165) is 0 Å². The Balaban J connectivity index is 1.60. The van der Waals surface area contributed by atoms with Gasteiger partial charge in [0.2, 0.25) is 0 Å². The molecule has 1 nitrogen and oxygen atoms in total. The molecule has 6 rings (SSSR count). The van der Waals surface area contributed by atoms with Gasteiger partial charge in [0.1, 0.15) is 6.10 Å². The standard InChI is InChI=1S/C28H26OP2/c1-20-21(2)27-28(31(23-14-8-4-9-15-23)24-16-10-5-11-17-24)18-19-29-26(28)25(20)30(27)22-12-6-3-7-13-22/h3-19,25-27H,1-2H3/t25-,26+,27+,28-,30+/m1/s1. The van der Waals surface area contributed by atoms with Crippen molar-refractivity contribution in [2.24, 2.45) is 0 Å². The normalized spacial score (nSPS) is 30.7. The number of fused-ring (bicyclic) bond motifs is 5. The summed E-state index contributed by atoms with van der Waals surface area (Å²) in [6, 6.07) is 33.6. The van der Waals surface area contributed by atoms with Crippen molar-refractivity contribution in [2.45, 2.75) is 36.4 Å². The molecule has 2 bridgehead atoms. The Bertz CT molecular complexity index is 1120. The Hall–Kier alpha value is -2.20. The second-order valence-corrected chi connectivity index (χ2v) is 13.6. The third-order valence-electron chi connectivity index (χ3n) is 7.26. The quantitative estimate of drug-likeness (QED) is 0.375. The first-order chi connectivity index (χ1) is 15.2. The molecule has 3 aromatic rings. The molecule has 0 saturated carbocycles. The molecule has 0 unspecified atom stereocenters. The molecule has 0 spiro atoms. The molecule has 3 aromatic carbocycles. The third kappa shape index (κ3) is 2.70. The molecule has 154 valence electrons. The van der Waals surface area contributed by atoms with Gasteiger partial charge >= 0.3 is 0 Å². The zero-order valence-corrected chi connectivity index (χ0v) is 19.6. The van der Waals surface area contributed by atoms with Gasteiger partial charge in [0.05, 0.1) is 11.4 Å². The Morgan fingerprint density at radius 3 is 1.87 bits per heavy atom. The predicted octanol–water partition coefficient (Wildman–Crippen LogP) is 5.68. The molecular formula is C28H26OP2. The van der Waals surface area contributed by atoms with Crippen molar-refractivity contribution in [3.8, 4) is 0 Å². The fraction of sp³-hybridized carbons (Fsp3) is 0.214. The van der Waals surface area contributed by atoms with Gasteiger partial charge in [-0.2, -0.15) is 0 Å². The summed E-state index contributed by atoms with van der Waals surface area (Å²) >= 11 is 0. The van der Waals surface area contributed by atoms with Crippen molar-refractivity contribution in [3.63, 3.8) is 0 Å². The van der Waals surface area contributed by atoms with Crippen LogP contribution >= 0.6 is 15.8 Å². The number of hydrogen-bond donors (Lipinski definition) is 0. The van der Waals surface area contributed by atoms with Gasteiger partial charge in [-0.25, -0.2) is 0 Å². The van der Waals surface area contributed by atoms with Crippen molar-refractivity contribution in [3.05, 3.63) is 114 Å². The summed E-state index contributed by atoms with van der Waals surface area (Å²) in [6.07, 6.45) is 4.71. The lowest BCUT2D eigenvalue weighted by molar-refractivity contribution is 0.154. The minimum absolute atomic E-state index is 0.00778. The van der Waals surface area contributed by atoms with E-state index in [-0.39, 0.29) is 19.2 Å². The lowest BCUT2D eigenvalue weighted by Crippen LogP contribution is -2.50. The van der Waals surface area contributed by atoms with Crippen LogP contribution in [0.4, 0.5) is 0 Å². The van der Waals surface area contributed by atoms with Crippen LogP contribution in [0.1, 0.15) is 13.8 Å². The van der Waals surface area contributed by atoms with Gasteiger partial charge in [-0.3, -0.25) is 0 Å². The first-order valence-corrected chi connectivity index (χ1v) is 13.8. The van der Waals surface area contributed by atoms with E-state index < -0.39 is 7.92 Å². The minimum atomic E-state index is -0.620. The largest absolute Gasteiger partial charge is 0.496 e. The highest BCUT2D eigenvalue weighted by Crippen LogP contribution is 2.77. The molecule has 1 fully saturated rings. The van der Waals surface area contributed by atoms with Crippen LogP contribution in [0.25, 0.3) is 0 Å². The summed E-state index contributed by atoms with van der Waals surface area (Å²) in [5.41, 5.74) is 4.19. The van der Waals surface area contributed by atoms with Gasteiger partial charge in [-0.1, -0.05) is 110 Å². The first-order valence-electron chi connectivity index (χ1n) is 11.0. The van der Waals surface area contributed by atoms with E-state index >= 15 is 0 Å². The Morgan fingerprint density at radius 2 is 1.29 bits per heavy atom. The van der Waals surface area contributed by atoms with Crippen molar-refractivity contribution >= 4 is 31.8 Å². The van der Waals surface area contributed by atoms with Crippen LogP contribution in [0.15, 0.2) is 114 Å². The Kier molecular flexibility index (Phi) is 4.68. The number of allylic oxidation sites excluding steroid dienone is 1. The van der Waals surface area contributed by atoms with E-state index in [1.807, 2.05) is 6.26 Å². The van der Waals surface area contributed by atoms with E-state index in [1.165, 1.54) is 15.9 Å². The Morgan fingerprint density at radius 1 is 0.742 bits per heavy atom. The van der Waals surface area contributed by atoms with Gasteiger partial charge in [0, 0.05) is 11.3 Å². The maximum atomic E-state index is 6.53. The zero-order valence-electron chi connectivity index (χ0n) is 17.8. The molecule has 0 N–H and O–H groups in total. The van der Waals surface area contributed by atoms with Crippen molar-refractivity contribution in [1.82, 2.24) is 0 Å². The highest BCUT2D eigenvalue weighted by Gasteiger charge is 2.69. The molecule has 3 aliphatic rings. The van der Waals surface area contributed by atoms with E-state index in [2.05, 4.69) is 111 Å². The van der Waals surface area contributed by atoms with Crippen molar-refractivity contribution in [1.29, 1.82) is 0 Å². The van der Waals surface area contributed by atoms with Crippen LogP contribution in [-0.2, 0) is 4.74 Å². The second kappa shape index (κ2) is 7.44. The maximum absolute atomic E-state index is 6.53. The van der Waals surface area contributed by atoms with Crippen LogP contribution in [-0.4, -0.2) is 22.6 Å². The van der Waals surface area contributed by atoms with E-state index in [9.17, 15) is 0 Å². The van der Waals surface area contributed by atoms with E-state index in [1.54, 1.807) is 11.1 Å². The molecule has 5 atom stereocenters. The number of hydrogen-bond acceptors (Lipinski definition) is 1. The number of rotatable bonds is 4. The summed E-state index contributed by atoms with van der Waals surface area (Å²) in [6.45, 7) is 4.75. The molecule has 3 heteroatoms. The summed E-state index contributed by atoms with van der Waals surface area (Å²) in [7, 11) is -0.980. The van der Waals surface area contributed by atoms with Crippen molar-refractivity contribution in [2.75, 3.05) is 0 Å². The Labute approximate surface area is 187 Å².